The molecular formula is C14H22N2O5S2. The van der Waals surface area contributed by atoms with E-state index in [2.05, 4.69) is 0 Å². The highest BCUT2D eigenvalue weighted by Crippen LogP contribution is 2.31. The first-order valence-electron chi connectivity index (χ1n) is 7.21. The van der Waals surface area contributed by atoms with Crippen LogP contribution in [0, 0.1) is 5.92 Å². The Labute approximate surface area is 137 Å². The molecule has 0 radical (unpaired) electrons. The third kappa shape index (κ3) is 3.68. The molecule has 0 amide bonds. The number of methoxy groups -OCH3 is 1. The van der Waals surface area contributed by atoms with E-state index in [4.69, 9.17) is 10.5 Å². The molecule has 7 nitrogen and oxygen atoms in total. The molecule has 0 spiro atoms. The third-order valence-electron chi connectivity index (χ3n) is 4.12. The molecule has 0 aliphatic carbocycles. The first-order chi connectivity index (χ1) is 10.6. The van der Waals surface area contributed by atoms with Crippen molar-refractivity contribution in [1.29, 1.82) is 0 Å². The molecule has 0 saturated carbocycles. The molecule has 23 heavy (non-hydrogen) atoms. The standard InChI is InChI=1S/C14H22N2O5S2/c1-10-9-16(7-6-12(10)15)23(19,20)14-8-11(22(3,17)18)4-5-13(14)21-2/h4-5,8,10,12H,6-7,9,15H2,1-3H3. The second-order valence-corrected chi connectivity index (χ2v) is 9.80. The largest absolute Gasteiger partial charge is 0.495 e. The van der Waals surface area contributed by atoms with Crippen LogP contribution in [0.3, 0.4) is 0 Å². The molecule has 1 aliphatic rings. The van der Waals surface area contributed by atoms with Crippen LogP contribution < -0.4 is 10.5 Å². The highest BCUT2D eigenvalue weighted by Gasteiger charge is 2.34. The SMILES string of the molecule is COc1ccc(S(C)(=O)=O)cc1S(=O)(=O)N1CCC(N)C(C)C1. The number of nitrogens with two attached hydrogens (primary N) is 1. The van der Waals surface area contributed by atoms with Crippen LogP contribution in [0.4, 0.5) is 0 Å². The van der Waals surface area contributed by atoms with Crippen molar-refractivity contribution in [1.82, 2.24) is 4.31 Å². The summed E-state index contributed by atoms with van der Waals surface area (Å²) in [5.74, 6) is 0.155. The molecule has 1 aliphatic heterocycles. The molecule has 9 heteroatoms. The lowest BCUT2D eigenvalue weighted by Crippen LogP contribution is -2.48. The van der Waals surface area contributed by atoms with Crippen LogP contribution in [0.2, 0.25) is 0 Å². The van der Waals surface area contributed by atoms with E-state index in [9.17, 15) is 16.8 Å². The second-order valence-electron chi connectivity index (χ2n) is 5.88. The van der Waals surface area contributed by atoms with Crippen molar-refractivity contribution in [3.8, 4) is 5.75 Å². The molecule has 1 aromatic carbocycles. The smallest absolute Gasteiger partial charge is 0.246 e. The highest BCUT2D eigenvalue weighted by atomic mass is 32.2. The zero-order valence-corrected chi connectivity index (χ0v) is 15.0. The summed E-state index contributed by atoms with van der Waals surface area (Å²) in [6.45, 7) is 2.51. The molecule has 130 valence electrons. The minimum Gasteiger partial charge on any atom is -0.495 e. The van der Waals surface area contributed by atoms with E-state index >= 15 is 0 Å². The molecule has 1 aromatic rings. The van der Waals surface area contributed by atoms with Crippen molar-refractivity contribution in [2.75, 3.05) is 26.5 Å². The lowest BCUT2D eigenvalue weighted by Gasteiger charge is -2.34. The van der Waals surface area contributed by atoms with Crippen molar-refractivity contribution in [3.63, 3.8) is 0 Å². The van der Waals surface area contributed by atoms with Gasteiger partial charge in [0.2, 0.25) is 10.0 Å². The topological polar surface area (TPSA) is 107 Å². The highest BCUT2D eigenvalue weighted by molar-refractivity contribution is 7.91. The van der Waals surface area contributed by atoms with Crippen LogP contribution in [0.25, 0.3) is 0 Å². The van der Waals surface area contributed by atoms with Gasteiger partial charge in [-0.1, -0.05) is 6.92 Å². The fourth-order valence-electron chi connectivity index (χ4n) is 2.57. The molecule has 2 unspecified atom stereocenters. The van der Waals surface area contributed by atoms with Crippen LogP contribution in [-0.2, 0) is 19.9 Å². The van der Waals surface area contributed by atoms with Gasteiger partial charge in [-0.05, 0) is 30.5 Å². The van der Waals surface area contributed by atoms with Gasteiger partial charge in [0.15, 0.2) is 9.84 Å². The Morgan fingerprint density at radius 3 is 2.43 bits per heavy atom. The molecule has 1 saturated heterocycles. The number of sulfonamides is 1. The first kappa shape index (κ1) is 18.2. The van der Waals surface area contributed by atoms with E-state index in [1.807, 2.05) is 6.92 Å². The van der Waals surface area contributed by atoms with Crippen molar-refractivity contribution in [2.24, 2.45) is 11.7 Å². The molecule has 2 atom stereocenters. The van der Waals surface area contributed by atoms with Crippen LogP contribution >= 0.6 is 0 Å². The molecule has 2 rings (SSSR count). The van der Waals surface area contributed by atoms with Crippen LogP contribution in [0.5, 0.6) is 5.75 Å². The third-order valence-corrected chi connectivity index (χ3v) is 7.11. The van der Waals surface area contributed by atoms with Gasteiger partial charge in [-0.15, -0.1) is 0 Å². The molecular weight excluding hydrogens is 340 g/mol. The summed E-state index contributed by atoms with van der Waals surface area (Å²) in [6.07, 6.45) is 1.60. The Balaban J connectivity index is 2.50. The summed E-state index contributed by atoms with van der Waals surface area (Å²) in [6, 6.07) is 3.82. The maximum atomic E-state index is 12.9. The molecule has 0 bridgehead atoms. The van der Waals surface area contributed by atoms with Gasteiger partial charge < -0.3 is 10.5 Å². The molecule has 1 heterocycles. The van der Waals surface area contributed by atoms with Gasteiger partial charge in [-0.3, -0.25) is 0 Å². The maximum Gasteiger partial charge on any atom is 0.246 e. The summed E-state index contributed by atoms with van der Waals surface area (Å²) in [5, 5.41) is 0. The Morgan fingerprint density at radius 1 is 1.26 bits per heavy atom. The summed E-state index contributed by atoms with van der Waals surface area (Å²) in [5.41, 5.74) is 5.93. The van der Waals surface area contributed by atoms with E-state index in [1.165, 1.54) is 23.5 Å². The minimum atomic E-state index is -3.86. The van der Waals surface area contributed by atoms with Gasteiger partial charge in [-0.2, -0.15) is 4.31 Å². The predicted octanol–water partition coefficient (Wildman–Crippen LogP) is 0.457. The van der Waals surface area contributed by atoms with E-state index < -0.39 is 19.9 Å². The van der Waals surface area contributed by atoms with Gasteiger partial charge in [0.05, 0.1) is 12.0 Å². The first-order valence-corrected chi connectivity index (χ1v) is 10.5. The van der Waals surface area contributed by atoms with Gasteiger partial charge in [0.1, 0.15) is 10.6 Å². The van der Waals surface area contributed by atoms with Crippen molar-refractivity contribution < 1.29 is 21.6 Å². The average Bonchev–Trinajstić information content (AvgIpc) is 2.48. The molecule has 1 fully saturated rings. The maximum absolute atomic E-state index is 12.9. The number of piperidine rings is 1. The van der Waals surface area contributed by atoms with Crippen molar-refractivity contribution in [3.05, 3.63) is 18.2 Å². The number of hydrogen-bond donors (Lipinski definition) is 1. The lowest BCUT2D eigenvalue weighted by molar-refractivity contribution is 0.249. The molecule has 2 N–H and O–H groups in total. The zero-order valence-electron chi connectivity index (χ0n) is 13.4. The molecule has 0 aromatic heterocycles. The minimum absolute atomic E-state index is 0.0302. The fraction of sp³-hybridized carbons (Fsp3) is 0.571. The Morgan fingerprint density at radius 2 is 1.91 bits per heavy atom. The monoisotopic (exact) mass is 362 g/mol. The predicted molar refractivity (Wildman–Crippen MR) is 86.6 cm³/mol. The summed E-state index contributed by atoms with van der Waals surface area (Å²) < 4.78 is 55.7. The number of rotatable bonds is 4. The number of benzene rings is 1. The van der Waals surface area contributed by atoms with Crippen LogP contribution in [-0.4, -0.2) is 53.6 Å². The second kappa shape index (κ2) is 6.39. The summed E-state index contributed by atoms with van der Waals surface area (Å²) in [4.78, 5) is -0.191. The van der Waals surface area contributed by atoms with E-state index in [0.29, 0.717) is 19.5 Å². The normalized spacial score (nSPS) is 23.7. The van der Waals surface area contributed by atoms with Gasteiger partial charge in [0, 0.05) is 25.4 Å². The zero-order chi connectivity index (χ0) is 17.4. The Hall–Kier alpha value is -1.16. The quantitative estimate of drug-likeness (QED) is 0.834. The Kier molecular flexibility index (Phi) is 5.05. The van der Waals surface area contributed by atoms with Crippen LogP contribution in [0.15, 0.2) is 28.0 Å². The van der Waals surface area contributed by atoms with Crippen LogP contribution in [0.1, 0.15) is 13.3 Å². The lowest BCUT2D eigenvalue weighted by atomic mass is 9.96. The Bertz CT molecular complexity index is 789. The van der Waals surface area contributed by atoms with Crippen molar-refractivity contribution >= 4 is 19.9 Å². The number of ether oxygens (including phenoxy) is 1. The fourth-order valence-corrected chi connectivity index (χ4v) is 5.03. The number of sulfone groups is 1. The van der Waals surface area contributed by atoms with Crippen molar-refractivity contribution in [2.45, 2.75) is 29.2 Å². The summed E-state index contributed by atoms with van der Waals surface area (Å²) >= 11 is 0. The van der Waals surface area contributed by atoms with E-state index in [-0.39, 0.29) is 27.5 Å². The average molecular weight is 362 g/mol. The summed E-state index contributed by atoms with van der Waals surface area (Å²) in [7, 11) is -6.02. The number of hydrogen-bond acceptors (Lipinski definition) is 6. The number of nitrogens with zero attached hydrogens (tertiary/aromatic N) is 1. The van der Waals surface area contributed by atoms with Gasteiger partial charge in [-0.25, -0.2) is 16.8 Å². The van der Waals surface area contributed by atoms with E-state index in [0.717, 1.165) is 12.3 Å². The van der Waals surface area contributed by atoms with E-state index in [1.54, 1.807) is 0 Å². The van der Waals surface area contributed by atoms with Gasteiger partial charge in [0.25, 0.3) is 0 Å². The van der Waals surface area contributed by atoms with Gasteiger partial charge >= 0.3 is 0 Å².